The van der Waals surface area contributed by atoms with E-state index < -0.39 is 0 Å². The van der Waals surface area contributed by atoms with Gasteiger partial charge in [-0.2, -0.15) is 4.98 Å². The van der Waals surface area contributed by atoms with Crippen LogP contribution in [0.1, 0.15) is 43.2 Å². The van der Waals surface area contributed by atoms with Crippen LogP contribution in [0.3, 0.4) is 0 Å². The highest BCUT2D eigenvalue weighted by molar-refractivity contribution is 7.15. The number of rotatable bonds is 4. The molecule has 3 aromatic heterocycles. The van der Waals surface area contributed by atoms with E-state index in [1.54, 1.807) is 11.3 Å². The van der Waals surface area contributed by atoms with Crippen LogP contribution in [0, 0.1) is 0 Å². The van der Waals surface area contributed by atoms with Gasteiger partial charge in [0.2, 0.25) is 5.89 Å². The maximum Gasteiger partial charge on any atom is 0.226 e. The first-order valence-electron chi connectivity index (χ1n) is 7.31. The minimum absolute atomic E-state index is 0.258. The first-order valence-corrected chi connectivity index (χ1v) is 8.19. The Kier molecular flexibility index (Phi) is 3.23. The molecule has 0 spiro atoms. The van der Waals surface area contributed by atoms with Crippen LogP contribution in [-0.2, 0) is 13.0 Å². The van der Waals surface area contributed by atoms with Gasteiger partial charge in [0.25, 0.3) is 0 Å². The average Bonchev–Trinajstić information content (AvgIpc) is 3.21. The molecule has 7 heteroatoms. The Morgan fingerprint density at radius 1 is 1.43 bits per heavy atom. The first-order chi connectivity index (χ1) is 10.3. The summed E-state index contributed by atoms with van der Waals surface area (Å²) in [7, 11) is 0. The van der Waals surface area contributed by atoms with Crippen molar-refractivity contribution in [2.24, 2.45) is 0 Å². The van der Waals surface area contributed by atoms with Crippen molar-refractivity contribution in [1.82, 2.24) is 24.4 Å². The molecule has 1 saturated heterocycles. The second kappa shape index (κ2) is 5.23. The summed E-state index contributed by atoms with van der Waals surface area (Å²) in [6.45, 7) is 3.93. The SMILES string of the molecule is CCc1nc([C@H]2CCCN2Cc2cn3ccsc3n2)no1. The summed E-state index contributed by atoms with van der Waals surface area (Å²) in [5.74, 6) is 1.55. The van der Waals surface area contributed by atoms with E-state index in [-0.39, 0.29) is 6.04 Å². The molecule has 4 heterocycles. The van der Waals surface area contributed by atoms with Gasteiger partial charge in [-0.15, -0.1) is 11.3 Å². The lowest BCUT2D eigenvalue weighted by Crippen LogP contribution is -2.23. The summed E-state index contributed by atoms with van der Waals surface area (Å²) in [5.41, 5.74) is 1.10. The van der Waals surface area contributed by atoms with Crippen LogP contribution in [0.5, 0.6) is 0 Å². The maximum absolute atomic E-state index is 5.25. The summed E-state index contributed by atoms with van der Waals surface area (Å²) in [6.07, 6.45) is 7.20. The summed E-state index contributed by atoms with van der Waals surface area (Å²) >= 11 is 1.66. The predicted octanol–water partition coefficient (Wildman–Crippen LogP) is 2.68. The fourth-order valence-electron chi connectivity index (χ4n) is 2.92. The van der Waals surface area contributed by atoms with Crippen molar-refractivity contribution in [2.45, 2.75) is 38.8 Å². The summed E-state index contributed by atoms with van der Waals surface area (Å²) in [4.78, 5) is 12.6. The Balaban J connectivity index is 1.54. The highest BCUT2D eigenvalue weighted by atomic mass is 32.1. The number of hydrogen-bond acceptors (Lipinski definition) is 6. The van der Waals surface area contributed by atoms with Gasteiger partial charge in [0.1, 0.15) is 0 Å². The topological polar surface area (TPSA) is 59.5 Å². The Bertz CT molecular complexity index is 717. The minimum Gasteiger partial charge on any atom is -0.339 e. The Morgan fingerprint density at radius 2 is 2.38 bits per heavy atom. The number of hydrogen-bond donors (Lipinski definition) is 0. The molecule has 1 atom stereocenters. The Morgan fingerprint density at radius 3 is 3.19 bits per heavy atom. The monoisotopic (exact) mass is 303 g/mol. The van der Waals surface area contributed by atoms with Crippen molar-refractivity contribution in [1.29, 1.82) is 0 Å². The molecule has 1 aliphatic heterocycles. The molecule has 1 aliphatic rings. The van der Waals surface area contributed by atoms with E-state index in [0.29, 0.717) is 0 Å². The van der Waals surface area contributed by atoms with Crippen LogP contribution in [0.25, 0.3) is 4.96 Å². The van der Waals surface area contributed by atoms with Crippen molar-refractivity contribution >= 4 is 16.3 Å². The van der Waals surface area contributed by atoms with Gasteiger partial charge >= 0.3 is 0 Å². The van der Waals surface area contributed by atoms with Gasteiger partial charge in [-0.25, -0.2) is 4.98 Å². The Labute approximate surface area is 126 Å². The predicted molar refractivity (Wildman–Crippen MR) is 79.1 cm³/mol. The maximum atomic E-state index is 5.25. The molecule has 0 amide bonds. The number of aryl methyl sites for hydroxylation is 1. The third-order valence-corrected chi connectivity index (χ3v) is 4.73. The van der Waals surface area contributed by atoms with E-state index in [2.05, 4.69) is 36.0 Å². The van der Waals surface area contributed by atoms with Crippen molar-refractivity contribution in [3.8, 4) is 0 Å². The third-order valence-electron chi connectivity index (χ3n) is 3.96. The van der Waals surface area contributed by atoms with E-state index in [4.69, 9.17) is 4.52 Å². The van der Waals surface area contributed by atoms with Gasteiger partial charge in [0.15, 0.2) is 10.8 Å². The normalized spacial score (nSPS) is 19.8. The molecule has 3 aromatic rings. The zero-order valence-corrected chi connectivity index (χ0v) is 12.7. The lowest BCUT2D eigenvalue weighted by molar-refractivity contribution is 0.232. The van der Waals surface area contributed by atoms with E-state index in [0.717, 1.165) is 48.3 Å². The molecule has 0 aromatic carbocycles. The fourth-order valence-corrected chi connectivity index (χ4v) is 3.63. The van der Waals surface area contributed by atoms with Crippen molar-refractivity contribution in [3.05, 3.63) is 35.2 Å². The van der Waals surface area contributed by atoms with Gasteiger partial charge in [-0.3, -0.25) is 9.30 Å². The van der Waals surface area contributed by atoms with Gasteiger partial charge < -0.3 is 4.52 Å². The first kappa shape index (κ1) is 13.0. The number of fused-ring (bicyclic) bond motifs is 1. The number of imidazole rings is 1. The molecule has 0 bridgehead atoms. The summed E-state index contributed by atoms with van der Waals surface area (Å²) in [6, 6.07) is 0.258. The van der Waals surface area contributed by atoms with E-state index in [9.17, 15) is 0 Å². The molecule has 110 valence electrons. The summed E-state index contributed by atoms with van der Waals surface area (Å²) in [5, 5.41) is 6.19. The van der Waals surface area contributed by atoms with Gasteiger partial charge in [-0.1, -0.05) is 12.1 Å². The highest BCUT2D eigenvalue weighted by Crippen LogP contribution is 2.31. The van der Waals surface area contributed by atoms with Gasteiger partial charge in [0.05, 0.1) is 11.7 Å². The second-order valence-electron chi connectivity index (χ2n) is 5.35. The van der Waals surface area contributed by atoms with Crippen LogP contribution in [0.4, 0.5) is 0 Å². The zero-order chi connectivity index (χ0) is 14.2. The lowest BCUT2D eigenvalue weighted by atomic mass is 10.2. The molecule has 6 nitrogen and oxygen atoms in total. The molecular formula is C14H17N5OS. The molecule has 4 rings (SSSR count). The molecule has 1 fully saturated rings. The van der Waals surface area contributed by atoms with Gasteiger partial charge in [-0.05, 0) is 19.4 Å². The van der Waals surface area contributed by atoms with Crippen molar-refractivity contribution in [2.75, 3.05) is 6.54 Å². The largest absolute Gasteiger partial charge is 0.339 e. The third kappa shape index (κ3) is 2.36. The smallest absolute Gasteiger partial charge is 0.226 e. The van der Waals surface area contributed by atoms with Crippen LogP contribution >= 0.6 is 11.3 Å². The highest BCUT2D eigenvalue weighted by Gasteiger charge is 2.30. The second-order valence-corrected chi connectivity index (χ2v) is 6.23. The molecule has 21 heavy (non-hydrogen) atoms. The van der Waals surface area contributed by atoms with Crippen molar-refractivity contribution in [3.63, 3.8) is 0 Å². The summed E-state index contributed by atoms with van der Waals surface area (Å²) < 4.78 is 7.33. The number of aromatic nitrogens is 4. The molecule has 0 N–H and O–H groups in total. The van der Waals surface area contributed by atoms with Crippen LogP contribution in [0.2, 0.25) is 0 Å². The lowest BCUT2D eigenvalue weighted by Gasteiger charge is -2.20. The van der Waals surface area contributed by atoms with Crippen LogP contribution < -0.4 is 0 Å². The van der Waals surface area contributed by atoms with E-state index in [1.165, 1.54) is 6.42 Å². The molecule has 0 aliphatic carbocycles. The molecular weight excluding hydrogens is 286 g/mol. The zero-order valence-electron chi connectivity index (χ0n) is 11.9. The van der Waals surface area contributed by atoms with Crippen LogP contribution in [-0.4, -0.2) is 31.0 Å². The fraction of sp³-hybridized carbons (Fsp3) is 0.500. The van der Waals surface area contributed by atoms with E-state index in [1.807, 2.05) is 13.1 Å². The number of likely N-dealkylation sites (tertiary alicyclic amines) is 1. The molecule has 0 unspecified atom stereocenters. The number of thiazole rings is 1. The van der Waals surface area contributed by atoms with Gasteiger partial charge in [0, 0.05) is 30.7 Å². The standard InChI is InChI=1S/C14H17N5OS/c1-2-12-16-13(17-20-12)11-4-3-5-18(11)8-10-9-19-6-7-21-14(19)15-10/h6-7,9,11H,2-5,8H2,1H3/t11-/m1/s1. The molecule has 0 radical (unpaired) electrons. The van der Waals surface area contributed by atoms with Crippen molar-refractivity contribution < 1.29 is 4.52 Å². The Hall–Kier alpha value is -1.73. The quantitative estimate of drug-likeness (QED) is 0.741. The number of nitrogens with zero attached hydrogens (tertiary/aromatic N) is 5. The van der Waals surface area contributed by atoms with Crippen LogP contribution in [0.15, 0.2) is 22.3 Å². The minimum atomic E-state index is 0.258. The average molecular weight is 303 g/mol. The molecule has 0 saturated carbocycles. The van der Waals surface area contributed by atoms with E-state index >= 15 is 0 Å².